The highest BCUT2D eigenvalue weighted by atomic mass is 35.5. The summed E-state index contributed by atoms with van der Waals surface area (Å²) in [6.45, 7) is 4.37. The van der Waals surface area contributed by atoms with Gasteiger partial charge in [-0.25, -0.2) is 0 Å². The number of halogens is 2. The van der Waals surface area contributed by atoms with E-state index in [0.29, 0.717) is 11.8 Å². The number of hydrogen-bond donors (Lipinski definition) is 0. The lowest BCUT2D eigenvalue weighted by atomic mass is 10.1. The van der Waals surface area contributed by atoms with Crippen LogP contribution in [0.3, 0.4) is 0 Å². The van der Waals surface area contributed by atoms with Gasteiger partial charge in [-0.2, -0.15) is 0 Å². The third-order valence-electron chi connectivity index (χ3n) is 2.56. The van der Waals surface area contributed by atoms with Gasteiger partial charge in [0.05, 0.1) is 0 Å². The molecule has 1 rings (SSSR count). The van der Waals surface area contributed by atoms with Crippen molar-refractivity contribution >= 4 is 23.2 Å². The Morgan fingerprint density at radius 1 is 1.00 bits per heavy atom. The van der Waals surface area contributed by atoms with Crippen LogP contribution in [-0.4, -0.2) is 4.33 Å². The van der Waals surface area contributed by atoms with Crippen LogP contribution in [0.2, 0.25) is 0 Å². The summed E-state index contributed by atoms with van der Waals surface area (Å²) in [5, 5.41) is 0. The van der Waals surface area contributed by atoms with E-state index >= 15 is 0 Å². The van der Waals surface area contributed by atoms with Crippen molar-refractivity contribution in [2.75, 3.05) is 0 Å². The molecule has 1 aliphatic rings. The van der Waals surface area contributed by atoms with Gasteiger partial charge in [-0.1, -0.05) is 26.7 Å². The van der Waals surface area contributed by atoms with Gasteiger partial charge in [0.2, 0.25) is 0 Å². The van der Waals surface area contributed by atoms with Crippen molar-refractivity contribution < 1.29 is 0 Å². The molecule has 0 unspecified atom stereocenters. The molecule has 0 nitrogen and oxygen atoms in total. The Labute approximate surface area is 79.3 Å². The standard InChI is InChI=1S/C9H16Cl2/c1-3-5-7-8(6-4-2)9(7,10)11/h7-8H,3-6H2,1-2H3/t7-,8+. The van der Waals surface area contributed by atoms with Crippen LogP contribution in [0.15, 0.2) is 0 Å². The molecule has 0 heterocycles. The van der Waals surface area contributed by atoms with Crippen molar-refractivity contribution in [1.29, 1.82) is 0 Å². The van der Waals surface area contributed by atoms with E-state index in [1.807, 2.05) is 0 Å². The predicted molar refractivity (Wildman–Crippen MR) is 51.2 cm³/mol. The molecule has 1 fully saturated rings. The Morgan fingerprint density at radius 3 is 1.64 bits per heavy atom. The highest BCUT2D eigenvalue weighted by Crippen LogP contribution is 2.62. The SMILES string of the molecule is CCC[C@@H]1[C@H](CCC)C1(Cl)Cl. The van der Waals surface area contributed by atoms with Crippen molar-refractivity contribution in [1.82, 2.24) is 0 Å². The lowest BCUT2D eigenvalue weighted by Gasteiger charge is -1.94. The van der Waals surface area contributed by atoms with Crippen LogP contribution >= 0.6 is 23.2 Å². The zero-order valence-corrected chi connectivity index (χ0v) is 8.75. The highest BCUT2D eigenvalue weighted by molar-refractivity contribution is 6.51. The summed E-state index contributed by atoms with van der Waals surface area (Å²) in [4.78, 5) is 0. The van der Waals surface area contributed by atoms with E-state index in [-0.39, 0.29) is 4.33 Å². The van der Waals surface area contributed by atoms with Crippen molar-refractivity contribution in [2.24, 2.45) is 11.8 Å². The Hall–Kier alpha value is 0.580. The van der Waals surface area contributed by atoms with Gasteiger partial charge in [-0.15, -0.1) is 23.2 Å². The van der Waals surface area contributed by atoms with Gasteiger partial charge in [0.1, 0.15) is 4.33 Å². The molecule has 0 bridgehead atoms. The Bertz CT molecular complexity index is 118. The summed E-state index contributed by atoms with van der Waals surface area (Å²) >= 11 is 12.2. The van der Waals surface area contributed by atoms with Crippen molar-refractivity contribution in [2.45, 2.75) is 43.9 Å². The summed E-state index contributed by atoms with van der Waals surface area (Å²) in [6.07, 6.45) is 4.79. The molecule has 0 saturated heterocycles. The van der Waals surface area contributed by atoms with Gasteiger partial charge >= 0.3 is 0 Å². The molecule has 66 valence electrons. The molecule has 0 aliphatic heterocycles. The average Bonchev–Trinajstić information content (AvgIpc) is 2.41. The second kappa shape index (κ2) is 3.53. The second-order valence-electron chi connectivity index (χ2n) is 3.46. The van der Waals surface area contributed by atoms with Gasteiger partial charge in [0.25, 0.3) is 0 Å². The number of alkyl halides is 2. The third kappa shape index (κ3) is 1.84. The molecular formula is C9H16Cl2. The molecule has 0 aromatic heterocycles. The van der Waals surface area contributed by atoms with E-state index in [0.717, 1.165) is 0 Å². The fourth-order valence-electron chi connectivity index (χ4n) is 1.87. The Kier molecular flexibility index (Phi) is 3.10. The van der Waals surface area contributed by atoms with Gasteiger partial charge in [-0.05, 0) is 24.7 Å². The number of rotatable bonds is 4. The summed E-state index contributed by atoms with van der Waals surface area (Å²) < 4.78 is -0.369. The zero-order chi connectivity index (χ0) is 8.48. The van der Waals surface area contributed by atoms with Crippen LogP contribution in [0, 0.1) is 11.8 Å². The van der Waals surface area contributed by atoms with Crippen LogP contribution < -0.4 is 0 Å². The molecule has 0 radical (unpaired) electrons. The van der Waals surface area contributed by atoms with E-state index in [9.17, 15) is 0 Å². The fraction of sp³-hybridized carbons (Fsp3) is 1.00. The molecule has 2 atom stereocenters. The average molecular weight is 195 g/mol. The summed E-state index contributed by atoms with van der Waals surface area (Å²) in [6, 6.07) is 0. The van der Waals surface area contributed by atoms with Crippen LogP contribution in [-0.2, 0) is 0 Å². The summed E-state index contributed by atoms with van der Waals surface area (Å²) in [5.74, 6) is 1.16. The second-order valence-corrected chi connectivity index (χ2v) is 4.91. The molecule has 0 amide bonds. The summed E-state index contributed by atoms with van der Waals surface area (Å²) in [7, 11) is 0. The van der Waals surface area contributed by atoms with Crippen LogP contribution in [0.4, 0.5) is 0 Å². The highest BCUT2D eigenvalue weighted by Gasteiger charge is 2.60. The first-order valence-corrected chi connectivity index (χ1v) is 5.28. The molecule has 2 heteroatoms. The van der Waals surface area contributed by atoms with Crippen molar-refractivity contribution in [3.63, 3.8) is 0 Å². The Morgan fingerprint density at radius 2 is 1.36 bits per heavy atom. The normalized spacial score (nSPS) is 33.8. The van der Waals surface area contributed by atoms with Crippen LogP contribution in [0.25, 0.3) is 0 Å². The van der Waals surface area contributed by atoms with Gasteiger partial charge in [0.15, 0.2) is 0 Å². The van der Waals surface area contributed by atoms with Crippen molar-refractivity contribution in [3.05, 3.63) is 0 Å². The molecule has 11 heavy (non-hydrogen) atoms. The van der Waals surface area contributed by atoms with Crippen LogP contribution in [0.1, 0.15) is 39.5 Å². The zero-order valence-electron chi connectivity index (χ0n) is 7.24. The predicted octanol–water partition coefficient (Wildman–Crippen LogP) is 4.01. The topological polar surface area (TPSA) is 0 Å². The minimum absolute atomic E-state index is 0.369. The minimum Gasteiger partial charge on any atom is -0.101 e. The summed E-state index contributed by atoms with van der Waals surface area (Å²) in [5.41, 5.74) is 0. The maximum Gasteiger partial charge on any atom is 0.124 e. The first-order chi connectivity index (χ1) is 5.14. The van der Waals surface area contributed by atoms with Gasteiger partial charge < -0.3 is 0 Å². The molecule has 1 saturated carbocycles. The number of hydrogen-bond acceptors (Lipinski definition) is 0. The van der Waals surface area contributed by atoms with Gasteiger partial charge in [0, 0.05) is 0 Å². The monoisotopic (exact) mass is 194 g/mol. The molecule has 1 aliphatic carbocycles. The third-order valence-corrected chi connectivity index (χ3v) is 3.69. The Balaban J connectivity index is 2.34. The minimum atomic E-state index is -0.369. The quantitative estimate of drug-likeness (QED) is 0.594. The molecule has 0 spiro atoms. The van der Waals surface area contributed by atoms with Crippen molar-refractivity contribution in [3.8, 4) is 0 Å². The fourth-order valence-corrected chi connectivity index (χ4v) is 2.79. The smallest absolute Gasteiger partial charge is 0.101 e. The largest absolute Gasteiger partial charge is 0.124 e. The maximum absolute atomic E-state index is 6.10. The van der Waals surface area contributed by atoms with E-state index in [1.54, 1.807) is 0 Å². The van der Waals surface area contributed by atoms with Gasteiger partial charge in [-0.3, -0.25) is 0 Å². The lowest BCUT2D eigenvalue weighted by molar-refractivity contribution is 0.593. The molecule has 0 aromatic rings. The first-order valence-electron chi connectivity index (χ1n) is 4.52. The van der Waals surface area contributed by atoms with E-state index in [2.05, 4.69) is 13.8 Å². The first kappa shape index (κ1) is 9.67. The van der Waals surface area contributed by atoms with E-state index in [1.165, 1.54) is 25.7 Å². The molecule has 0 aromatic carbocycles. The van der Waals surface area contributed by atoms with Crippen LogP contribution in [0.5, 0.6) is 0 Å². The van der Waals surface area contributed by atoms with E-state index in [4.69, 9.17) is 23.2 Å². The maximum atomic E-state index is 6.10. The molecule has 0 N–H and O–H groups in total. The van der Waals surface area contributed by atoms with E-state index < -0.39 is 0 Å². The molecular weight excluding hydrogens is 179 g/mol. The lowest BCUT2D eigenvalue weighted by Crippen LogP contribution is -1.90.